The first-order valence-electron chi connectivity index (χ1n) is 11.6. The third-order valence-corrected chi connectivity index (χ3v) is 6.81. The lowest BCUT2D eigenvalue weighted by atomic mass is 9.68. The molecule has 1 aliphatic carbocycles. The highest BCUT2D eigenvalue weighted by molar-refractivity contribution is 5.74. The number of carboxylic acids is 1. The smallest absolute Gasteiger partial charge is 0.305 e. The van der Waals surface area contributed by atoms with Crippen LogP contribution in [0.5, 0.6) is 0 Å². The summed E-state index contributed by atoms with van der Waals surface area (Å²) >= 11 is 0. The molecule has 1 aromatic carbocycles. The van der Waals surface area contributed by atoms with Gasteiger partial charge in [0.2, 0.25) is 0 Å². The van der Waals surface area contributed by atoms with Crippen LogP contribution in [0.4, 0.5) is 4.39 Å². The van der Waals surface area contributed by atoms with Crippen LogP contribution in [0.3, 0.4) is 0 Å². The van der Waals surface area contributed by atoms with Crippen LogP contribution in [0.1, 0.15) is 63.5 Å². The van der Waals surface area contributed by atoms with Crippen LogP contribution < -0.4 is 0 Å². The number of halogens is 1. The third-order valence-electron chi connectivity index (χ3n) is 6.81. The van der Waals surface area contributed by atoms with Crippen LogP contribution in [-0.4, -0.2) is 57.5 Å². The molecule has 1 fully saturated rings. The van der Waals surface area contributed by atoms with E-state index in [1.54, 1.807) is 13.0 Å². The first kappa shape index (κ1) is 24.6. The molecular formula is C26H36FNO4. The molecule has 0 spiro atoms. The zero-order chi connectivity index (χ0) is 23.5. The van der Waals surface area contributed by atoms with Crippen molar-refractivity contribution in [2.45, 2.75) is 77.5 Å². The fraction of sp³-hybridized carbons (Fsp3) is 0.577. The summed E-state index contributed by atoms with van der Waals surface area (Å²) in [4.78, 5) is 13.3. The van der Waals surface area contributed by atoms with Crippen molar-refractivity contribution in [3.63, 3.8) is 0 Å². The Hall–Kier alpha value is -2.02. The maximum atomic E-state index is 14.0. The van der Waals surface area contributed by atoms with Crippen molar-refractivity contribution in [2.75, 3.05) is 13.1 Å². The van der Waals surface area contributed by atoms with E-state index in [0.29, 0.717) is 11.6 Å². The van der Waals surface area contributed by atoms with Gasteiger partial charge in [-0.3, -0.25) is 4.79 Å². The standard InChI is InChI=1S/C26H36FNO4/c1-17-12-18(6-9-24(17)27)22-13-19(28-10-4-5-11-28)16-26(2,3)23(22)8-7-20(29)14-21(30)15-25(31)32/h6-9,12,19-21,29-30H,4-5,10-11,13-16H2,1-3H3,(H,31,32). The molecule has 3 atom stereocenters. The lowest BCUT2D eigenvalue weighted by molar-refractivity contribution is -0.139. The minimum atomic E-state index is -1.10. The van der Waals surface area contributed by atoms with Gasteiger partial charge < -0.3 is 20.2 Å². The van der Waals surface area contributed by atoms with E-state index in [1.807, 2.05) is 18.2 Å². The van der Waals surface area contributed by atoms with Gasteiger partial charge in [-0.1, -0.05) is 32.1 Å². The van der Waals surface area contributed by atoms with Gasteiger partial charge in [-0.05, 0) is 85.5 Å². The van der Waals surface area contributed by atoms with Crippen molar-refractivity contribution in [1.29, 1.82) is 0 Å². The number of allylic oxidation sites excluding steroid dienone is 2. The van der Waals surface area contributed by atoms with Crippen LogP contribution in [0.2, 0.25) is 0 Å². The van der Waals surface area contributed by atoms with Crippen molar-refractivity contribution in [1.82, 2.24) is 4.90 Å². The van der Waals surface area contributed by atoms with Gasteiger partial charge in [0.15, 0.2) is 0 Å². The van der Waals surface area contributed by atoms with E-state index >= 15 is 0 Å². The number of aliphatic hydroxyl groups is 2. The summed E-state index contributed by atoms with van der Waals surface area (Å²) in [6, 6.07) is 5.67. The first-order valence-corrected chi connectivity index (χ1v) is 11.6. The molecule has 1 heterocycles. The Morgan fingerprint density at radius 1 is 1.28 bits per heavy atom. The summed E-state index contributed by atoms with van der Waals surface area (Å²) in [6.07, 6.45) is 5.42. The molecule has 2 aliphatic rings. The SMILES string of the molecule is Cc1cc(C2=C(C=CC(O)CC(O)CC(=O)O)C(C)(C)CC(N3CCCC3)C2)ccc1F. The summed E-state index contributed by atoms with van der Waals surface area (Å²) in [6.45, 7) is 8.41. The third kappa shape index (κ3) is 6.06. The summed E-state index contributed by atoms with van der Waals surface area (Å²) in [5, 5.41) is 29.0. The van der Waals surface area contributed by atoms with E-state index in [0.717, 1.165) is 42.6 Å². The summed E-state index contributed by atoms with van der Waals surface area (Å²) in [5.74, 6) is -1.31. The molecule has 0 aromatic heterocycles. The molecule has 1 saturated heterocycles. The molecule has 6 heteroatoms. The number of aliphatic hydroxyl groups excluding tert-OH is 2. The van der Waals surface area contributed by atoms with Gasteiger partial charge in [0, 0.05) is 12.5 Å². The molecule has 0 amide bonds. The van der Waals surface area contributed by atoms with Gasteiger partial charge in [0.1, 0.15) is 5.82 Å². The number of likely N-dealkylation sites (tertiary alicyclic amines) is 1. The van der Waals surface area contributed by atoms with Crippen molar-refractivity contribution in [3.05, 3.63) is 52.9 Å². The molecule has 0 radical (unpaired) electrons. The van der Waals surface area contributed by atoms with Gasteiger partial charge in [0.05, 0.1) is 18.6 Å². The Bertz CT molecular complexity index is 886. The van der Waals surface area contributed by atoms with Gasteiger partial charge in [-0.2, -0.15) is 0 Å². The molecule has 3 unspecified atom stereocenters. The molecule has 3 rings (SSSR count). The van der Waals surface area contributed by atoms with Crippen molar-refractivity contribution < 1.29 is 24.5 Å². The Morgan fingerprint density at radius 2 is 1.97 bits per heavy atom. The molecule has 176 valence electrons. The topological polar surface area (TPSA) is 81.0 Å². The van der Waals surface area contributed by atoms with E-state index in [2.05, 4.69) is 18.7 Å². The van der Waals surface area contributed by atoms with Crippen molar-refractivity contribution >= 4 is 11.5 Å². The first-order chi connectivity index (χ1) is 15.1. The number of carbonyl (C=O) groups is 1. The fourth-order valence-electron chi connectivity index (χ4n) is 5.17. The zero-order valence-electron chi connectivity index (χ0n) is 19.4. The predicted octanol–water partition coefficient (Wildman–Crippen LogP) is 4.31. The fourth-order valence-corrected chi connectivity index (χ4v) is 5.17. The van der Waals surface area contributed by atoms with E-state index in [9.17, 15) is 19.4 Å². The van der Waals surface area contributed by atoms with Gasteiger partial charge >= 0.3 is 5.97 Å². The number of benzene rings is 1. The largest absolute Gasteiger partial charge is 0.481 e. The zero-order valence-corrected chi connectivity index (χ0v) is 19.4. The molecule has 0 bridgehead atoms. The van der Waals surface area contributed by atoms with Gasteiger partial charge in [-0.15, -0.1) is 0 Å². The Balaban J connectivity index is 1.93. The van der Waals surface area contributed by atoms with Crippen LogP contribution in [0.15, 0.2) is 35.9 Å². The number of rotatable bonds is 8. The molecular weight excluding hydrogens is 409 g/mol. The quantitative estimate of drug-likeness (QED) is 0.555. The molecule has 0 saturated carbocycles. The van der Waals surface area contributed by atoms with Gasteiger partial charge in [0.25, 0.3) is 0 Å². The highest BCUT2D eigenvalue weighted by Gasteiger charge is 2.37. The van der Waals surface area contributed by atoms with Crippen LogP contribution >= 0.6 is 0 Å². The molecule has 5 nitrogen and oxygen atoms in total. The normalized spacial score (nSPS) is 23.6. The van der Waals surface area contributed by atoms with E-state index in [-0.39, 0.29) is 17.7 Å². The second-order valence-electron chi connectivity index (χ2n) is 9.96. The minimum Gasteiger partial charge on any atom is -0.481 e. The number of nitrogens with zero attached hydrogens (tertiary/aromatic N) is 1. The average molecular weight is 446 g/mol. The highest BCUT2D eigenvalue weighted by Crippen LogP contribution is 2.46. The Labute approximate surface area is 190 Å². The number of hydrogen-bond acceptors (Lipinski definition) is 4. The van der Waals surface area contributed by atoms with Crippen LogP contribution in [0.25, 0.3) is 5.57 Å². The number of hydrogen-bond donors (Lipinski definition) is 3. The molecule has 32 heavy (non-hydrogen) atoms. The number of aliphatic carboxylic acids is 1. The summed E-state index contributed by atoms with van der Waals surface area (Å²) in [5.41, 5.74) is 3.72. The van der Waals surface area contributed by atoms with Crippen molar-refractivity contribution in [3.8, 4) is 0 Å². The highest BCUT2D eigenvalue weighted by atomic mass is 19.1. The maximum absolute atomic E-state index is 14.0. The van der Waals surface area contributed by atoms with Gasteiger partial charge in [-0.25, -0.2) is 4.39 Å². The number of carboxylic acid groups (broad SMARTS) is 1. The summed E-state index contributed by atoms with van der Waals surface area (Å²) < 4.78 is 14.0. The predicted molar refractivity (Wildman–Crippen MR) is 124 cm³/mol. The minimum absolute atomic E-state index is 0.0299. The van der Waals surface area contributed by atoms with E-state index in [1.165, 1.54) is 18.9 Å². The summed E-state index contributed by atoms with van der Waals surface area (Å²) in [7, 11) is 0. The van der Waals surface area contributed by atoms with Crippen LogP contribution in [0, 0.1) is 18.2 Å². The Morgan fingerprint density at radius 3 is 2.59 bits per heavy atom. The van der Waals surface area contributed by atoms with E-state index in [4.69, 9.17) is 5.11 Å². The Kier molecular flexibility index (Phi) is 7.91. The van der Waals surface area contributed by atoms with E-state index < -0.39 is 24.6 Å². The molecule has 1 aliphatic heterocycles. The monoisotopic (exact) mass is 445 g/mol. The second-order valence-corrected chi connectivity index (χ2v) is 9.96. The van der Waals surface area contributed by atoms with Crippen LogP contribution in [-0.2, 0) is 4.79 Å². The lowest BCUT2D eigenvalue weighted by Gasteiger charge is -2.42. The molecule has 1 aromatic rings. The second kappa shape index (κ2) is 10.3. The number of aryl methyl sites for hydroxylation is 1. The maximum Gasteiger partial charge on any atom is 0.305 e. The molecule has 3 N–H and O–H groups in total. The average Bonchev–Trinajstić information content (AvgIpc) is 3.22. The lowest BCUT2D eigenvalue weighted by Crippen LogP contribution is -2.40. The van der Waals surface area contributed by atoms with Crippen molar-refractivity contribution in [2.24, 2.45) is 5.41 Å².